The molecule has 222 valence electrons. The fraction of sp³-hybridized carbons (Fsp3) is 0.0909. The van der Waals surface area contributed by atoms with E-state index in [9.17, 15) is 0 Å². The van der Waals surface area contributed by atoms with Crippen LogP contribution in [0.5, 0.6) is 0 Å². The molecule has 2 unspecified atom stereocenters. The molecular formula is C44H32N2Zr. The molecule has 0 amide bonds. The van der Waals surface area contributed by atoms with Gasteiger partial charge in [-0.25, -0.2) is 0 Å². The van der Waals surface area contributed by atoms with Crippen molar-refractivity contribution in [3.05, 3.63) is 167 Å². The minimum atomic E-state index is -1.01. The summed E-state index contributed by atoms with van der Waals surface area (Å²) in [6.45, 7) is 4.76. The Kier molecular flexibility index (Phi) is 6.06. The Hall–Kier alpha value is -4.72. The van der Waals surface area contributed by atoms with E-state index in [1.165, 1.54) is 88.4 Å². The number of nitrogens with zero attached hydrogens (tertiary/aromatic N) is 2. The van der Waals surface area contributed by atoms with E-state index in [1.54, 1.807) is 0 Å². The van der Waals surface area contributed by atoms with E-state index in [4.69, 9.17) is 0 Å². The van der Waals surface area contributed by atoms with Crippen molar-refractivity contribution in [2.24, 2.45) is 0 Å². The number of rotatable bonds is 4. The molecule has 0 spiro atoms. The van der Waals surface area contributed by atoms with Crippen LogP contribution < -0.4 is 0 Å². The van der Waals surface area contributed by atoms with E-state index in [2.05, 4.69) is 169 Å². The van der Waals surface area contributed by atoms with E-state index in [0.29, 0.717) is 7.25 Å². The van der Waals surface area contributed by atoms with Crippen LogP contribution in [0.3, 0.4) is 0 Å². The van der Waals surface area contributed by atoms with Crippen molar-refractivity contribution in [3.63, 3.8) is 0 Å². The first-order valence-electron chi connectivity index (χ1n) is 16.5. The van der Waals surface area contributed by atoms with Crippen LogP contribution in [0.15, 0.2) is 145 Å². The Labute approximate surface area is 285 Å². The van der Waals surface area contributed by atoms with E-state index in [0.717, 1.165) is 0 Å². The van der Waals surface area contributed by atoms with Gasteiger partial charge in [0.15, 0.2) is 0 Å². The zero-order valence-corrected chi connectivity index (χ0v) is 28.9. The second-order valence-corrected chi connectivity index (χ2v) is 16.8. The molecule has 10 rings (SSSR count). The van der Waals surface area contributed by atoms with Gasteiger partial charge in [0.2, 0.25) is 0 Å². The van der Waals surface area contributed by atoms with Gasteiger partial charge < -0.3 is 0 Å². The predicted molar refractivity (Wildman–Crippen MR) is 194 cm³/mol. The second kappa shape index (κ2) is 10.4. The fourth-order valence-electron chi connectivity index (χ4n) is 8.43. The van der Waals surface area contributed by atoms with Crippen molar-refractivity contribution in [3.8, 4) is 11.4 Å². The van der Waals surface area contributed by atoms with Crippen molar-refractivity contribution in [1.82, 2.24) is 9.13 Å². The number of benzene rings is 6. The van der Waals surface area contributed by atoms with Crippen molar-refractivity contribution >= 4 is 55.8 Å². The van der Waals surface area contributed by atoms with Crippen LogP contribution in [0.25, 0.3) is 67.1 Å². The Morgan fingerprint density at radius 2 is 0.745 bits per heavy atom. The Morgan fingerprint density at radius 3 is 1.11 bits per heavy atom. The van der Waals surface area contributed by atoms with E-state index < -0.39 is 23.2 Å². The van der Waals surface area contributed by atoms with Gasteiger partial charge in [-0.15, -0.1) is 0 Å². The minimum absolute atomic E-state index is 0.540. The van der Waals surface area contributed by atoms with Gasteiger partial charge >= 0.3 is 287 Å². The molecule has 47 heavy (non-hydrogen) atoms. The van der Waals surface area contributed by atoms with Crippen LogP contribution in [0, 0.1) is 0 Å². The van der Waals surface area contributed by atoms with Crippen molar-refractivity contribution < 1.29 is 23.2 Å². The summed E-state index contributed by atoms with van der Waals surface area (Å²) in [5.41, 5.74) is 16.6. The summed E-state index contributed by atoms with van der Waals surface area (Å²) in [6.07, 6.45) is 5.01. The van der Waals surface area contributed by atoms with Crippen LogP contribution in [0.1, 0.15) is 43.4 Å². The molecule has 6 aromatic carbocycles. The van der Waals surface area contributed by atoms with Crippen LogP contribution >= 0.6 is 0 Å². The number of hydrogen-bond acceptors (Lipinski definition) is 0. The SMILES string of the molecule is CC1=Cc2c(cccc2-n2c3ccccc3c3ccccc32)[CH]1[Zr][CH]1C(C)=Cc2c1cccc2-n1c2ccccc2c2ccccc21. The molecular weight excluding hydrogens is 648 g/mol. The third-order valence-corrected chi connectivity index (χ3v) is 15.9. The third-order valence-electron chi connectivity index (χ3n) is 10.5. The second-order valence-electron chi connectivity index (χ2n) is 13.1. The van der Waals surface area contributed by atoms with Crippen LogP contribution in [0.4, 0.5) is 0 Å². The fourth-order valence-corrected chi connectivity index (χ4v) is 13.1. The van der Waals surface area contributed by atoms with Gasteiger partial charge in [0.25, 0.3) is 0 Å². The van der Waals surface area contributed by atoms with Crippen LogP contribution in [-0.4, -0.2) is 9.13 Å². The normalized spacial score (nSPS) is 17.0. The summed E-state index contributed by atoms with van der Waals surface area (Å²) in [6, 6.07) is 49.5. The van der Waals surface area contributed by atoms with Crippen molar-refractivity contribution in [2.75, 3.05) is 0 Å². The molecule has 2 atom stereocenters. The van der Waals surface area contributed by atoms with Gasteiger partial charge in [-0.2, -0.15) is 0 Å². The molecule has 0 fully saturated rings. The predicted octanol–water partition coefficient (Wildman–Crippen LogP) is 11.6. The number of para-hydroxylation sites is 4. The van der Waals surface area contributed by atoms with Gasteiger partial charge in [-0.1, -0.05) is 0 Å². The number of aromatic nitrogens is 2. The molecule has 2 heterocycles. The summed E-state index contributed by atoms with van der Waals surface area (Å²) >= 11 is -1.01. The first kappa shape index (κ1) is 27.4. The Bertz CT molecular complexity index is 2360. The zero-order valence-electron chi connectivity index (χ0n) is 26.4. The van der Waals surface area contributed by atoms with E-state index >= 15 is 0 Å². The molecule has 0 saturated heterocycles. The average Bonchev–Trinajstić information content (AvgIpc) is 3.82. The van der Waals surface area contributed by atoms with E-state index in [1.807, 2.05) is 0 Å². The number of fused-ring (bicyclic) bond motifs is 8. The molecule has 0 N–H and O–H groups in total. The third kappa shape index (κ3) is 3.93. The molecule has 2 nitrogen and oxygen atoms in total. The molecule has 0 aliphatic heterocycles. The summed E-state index contributed by atoms with van der Waals surface area (Å²) in [5, 5.41) is 5.26. The summed E-state index contributed by atoms with van der Waals surface area (Å²) < 4.78 is 6.07. The van der Waals surface area contributed by atoms with Gasteiger partial charge in [-0.3, -0.25) is 0 Å². The average molecular weight is 680 g/mol. The Balaban J connectivity index is 1.08. The van der Waals surface area contributed by atoms with Gasteiger partial charge in [0, 0.05) is 0 Å². The molecule has 0 radical (unpaired) electrons. The zero-order chi connectivity index (χ0) is 31.2. The standard InChI is InChI=1S/2C22H16N.Zr/c2*1-15-13-16-7-6-12-22(19(16)14-15)23-20-10-4-2-8-17(20)18-9-3-5-11-21(18)23;/h2*2-14H,1H3;. The molecule has 3 heteroatoms. The summed E-state index contributed by atoms with van der Waals surface area (Å²) in [7, 11) is 0. The van der Waals surface area contributed by atoms with Crippen LogP contribution in [-0.2, 0) is 23.2 Å². The van der Waals surface area contributed by atoms with Crippen LogP contribution in [0.2, 0.25) is 0 Å². The first-order chi connectivity index (χ1) is 23.2. The maximum absolute atomic E-state index is 2.50. The number of hydrogen-bond donors (Lipinski definition) is 0. The van der Waals surface area contributed by atoms with Gasteiger partial charge in [0.05, 0.1) is 0 Å². The topological polar surface area (TPSA) is 9.86 Å². The number of allylic oxidation sites excluding steroid dienone is 2. The molecule has 0 saturated carbocycles. The molecule has 0 bridgehead atoms. The summed E-state index contributed by atoms with van der Waals surface area (Å²) in [4.78, 5) is 0. The quantitative estimate of drug-likeness (QED) is 0.175. The molecule has 8 aromatic rings. The molecule has 2 aliphatic carbocycles. The maximum atomic E-state index is 2.50. The molecule has 2 aliphatic rings. The molecule has 2 aromatic heterocycles. The first-order valence-corrected chi connectivity index (χ1v) is 19.4. The monoisotopic (exact) mass is 678 g/mol. The van der Waals surface area contributed by atoms with E-state index in [-0.39, 0.29) is 0 Å². The van der Waals surface area contributed by atoms with Gasteiger partial charge in [0.1, 0.15) is 0 Å². The summed E-state index contributed by atoms with van der Waals surface area (Å²) in [5.74, 6) is 0. The van der Waals surface area contributed by atoms with Crippen molar-refractivity contribution in [2.45, 2.75) is 21.1 Å². The van der Waals surface area contributed by atoms with Gasteiger partial charge in [-0.05, 0) is 0 Å². The Morgan fingerprint density at radius 1 is 0.404 bits per heavy atom. The van der Waals surface area contributed by atoms with Crippen molar-refractivity contribution in [1.29, 1.82) is 0 Å².